The van der Waals surface area contributed by atoms with Crippen molar-refractivity contribution in [2.45, 2.75) is 38.5 Å². The van der Waals surface area contributed by atoms with Crippen LogP contribution in [0.1, 0.15) is 34.6 Å². The highest BCUT2D eigenvalue weighted by molar-refractivity contribution is 5.97. The Bertz CT molecular complexity index is 1190. The van der Waals surface area contributed by atoms with Crippen LogP contribution in [0.5, 0.6) is 0 Å². The largest absolute Gasteiger partial charge is 0.391 e. The summed E-state index contributed by atoms with van der Waals surface area (Å²) in [7, 11) is 0. The van der Waals surface area contributed by atoms with Crippen molar-refractivity contribution in [2.24, 2.45) is 0 Å². The van der Waals surface area contributed by atoms with Gasteiger partial charge in [0.05, 0.1) is 17.0 Å². The second-order valence-corrected chi connectivity index (χ2v) is 8.78. The van der Waals surface area contributed by atoms with E-state index in [4.69, 9.17) is 4.98 Å². The summed E-state index contributed by atoms with van der Waals surface area (Å²) >= 11 is 0. The maximum absolute atomic E-state index is 13.2. The van der Waals surface area contributed by atoms with Crippen LogP contribution in [0.15, 0.2) is 53.3 Å². The molecular formula is C25H28N4O3. The minimum atomic E-state index is -0.467. The molecule has 166 valence electrons. The van der Waals surface area contributed by atoms with E-state index >= 15 is 0 Å². The average molecular weight is 433 g/mol. The zero-order valence-corrected chi connectivity index (χ0v) is 18.1. The molecule has 2 aliphatic rings. The highest BCUT2D eigenvalue weighted by Gasteiger charge is 2.24. The van der Waals surface area contributed by atoms with Gasteiger partial charge in [0.2, 0.25) is 0 Å². The Kier molecular flexibility index (Phi) is 5.76. The van der Waals surface area contributed by atoms with Crippen molar-refractivity contribution in [2.75, 3.05) is 26.2 Å². The molecule has 0 spiro atoms. The van der Waals surface area contributed by atoms with E-state index in [1.54, 1.807) is 27.7 Å². The number of hydrogen-bond donors (Lipinski definition) is 1. The van der Waals surface area contributed by atoms with Crippen LogP contribution in [0, 0.1) is 0 Å². The van der Waals surface area contributed by atoms with Crippen molar-refractivity contribution in [1.82, 2.24) is 19.4 Å². The number of aliphatic hydroxyl groups excluding tert-OH is 1. The molecule has 1 N–H and O–H groups in total. The summed E-state index contributed by atoms with van der Waals surface area (Å²) in [6.45, 7) is 4.08. The van der Waals surface area contributed by atoms with Crippen molar-refractivity contribution in [3.63, 3.8) is 0 Å². The number of benzene rings is 2. The molecule has 7 heteroatoms. The van der Waals surface area contributed by atoms with E-state index in [-0.39, 0.29) is 11.5 Å². The number of fused-ring (bicyclic) bond motifs is 2. The van der Waals surface area contributed by atoms with Gasteiger partial charge in [-0.25, -0.2) is 4.98 Å². The van der Waals surface area contributed by atoms with E-state index in [0.717, 1.165) is 38.3 Å². The highest BCUT2D eigenvalue weighted by Crippen LogP contribution is 2.18. The molecule has 32 heavy (non-hydrogen) atoms. The van der Waals surface area contributed by atoms with E-state index in [9.17, 15) is 14.7 Å². The number of piperidine rings is 1. The lowest BCUT2D eigenvalue weighted by Crippen LogP contribution is -2.42. The fourth-order valence-corrected chi connectivity index (χ4v) is 4.75. The van der Waals surface area contributed by atoms with Crippen LogP contribution in [0.4, 0.5) is 0 Å². The lowest BCUT2D eigenvalue weighted by atomic mass is 10.1. The molecule has 3 aromatic rings. The van der Waals surface area contributed by atoms with Crippen LogP contribution in [-0.2, 0) is 19.5 Å². The molecule has 5 rings (SSSR count). The van der Waals surface area contributed by atoms with Crippen LogP contribution < -0.4 is 5.56 Å². The first kappa shape index (κ1) is 20.8. The number of nitrogens with zero attached hydrogens (tertiary/aromatic N) is 4. The van der Waals surface area contributed by atoms with E-state index in [1.165, 1.54) is 5.56 Å². The van der Waals surface area contributed by atoms with Gasteiger partial charge in [0, 0.05) is 51.3 Å². The van der Waals surface area contributed by atoms with Gasteiger partial charge in [-0.15, -0.1) is 0 Å². The molecule has 1 fully saturated rings. The molecule has 2 aromatic carbocycles. The summed E-state index contributed by atoms with van der Waals surface area (Å²) in [6.07, 6.45) is 1.75. The second-order valence-electron chi connectivity index (χ2n) is 8.78. The van der Waals surface area contributed by atoms with E-state index in [0.29, 0.717) is 42.5 Å². The van der Waals surface area contributed by atoms with Crippen LogP contribution in [0.2, 0.25) is 0 Å². The van der Waals surface area contributed by atoms with Crippen LogP contribution >= 0.6 is 0 Å². The first-order chi connectivity index (χ1) is 15.6. The van der Waals surface area contributed by atoms with Gasteiger partial charge in [-0.1, -0.05) is 30.3 Å². The van der Waals surface area contributed by atoms with Crippen LogP contribution in [0.25, 0.3) is 10.9 Å². The van der Waals surface area contributed by atoms with Gasteiger partial charge in [0.1, 0.15) is 5.82 Å². The molecule has 0 saturated carbocycles. The number of likely N-dealkylation sites (tertiary alicyclic amines) is 1. The number of aliphatic hydroxyl groups is 1. The van der Waals surface area contributed by atoms with Gasteiger partial charge in [0.25, 0.3) is 11.5 Å². The molecule has 0 radical (unpaired) electrons. The molecule has 0 bridgehead atoms. The maximum atomic E-state index is 13.2. The maximum Gasteiger partial charge on any atom is 0.261 e. The van der Waals surface area contributed by atoms with E-state index in [1.807, 2.05) is 18.2 Å². The number of carbonyl (C=O) groups is 1. The van der Waals surface area contributed by atoms with Gasteiger partial charge in [0.15, 0.2) is 0 Å². The first-order valence-corrected chi connectivity index (χ1v) is 11.4. The fraction of sp³-hybridized carbons (Fsp3) is 0.400. The van der Waals surface area contributed by atoms with Crippen molar-refractivity contribution in [3.8, 4) is 0 Å². The summed E-state index contributed by atoms with van der Waals surface area (Å²) in [5.74, 6) is 0.660. The van der Waals surface area contributed by atoms with Gasteiger partial charge < -0.3 is 10.0 Å². The molecular weight excluding hydrogens is 404 g/mol. The smallest absolute Gasteiger partial charge is 0.261 e. The monoisotopic (exact) mass is 432 g/mol. The molecule has 2 aliphatic heterocycles. The van der Waals surface area contributed by atoms with Crippen molar-refractivity contribution in [1.29, 1.82) is 0 Å². The van der Waals surface area contributed by atoms with Crippen molar-refractivity contribution < 1.29 is 9.90 Å². The zero-order chi connectivity index (χ0) is 22.1. The zero-order valence-electron chi connectivity index (χ0n) is 18.1. The predicted molar refractivity (Wildman–Crippen MR) is 123 cm³/mol. The average Bonchev–Trinajstić information content (AvgIpc) is 3.01. The number of β-amino-alcohol motifs (C(OH)–C–C–N with tert-alkyl or cyclic N) is 1. The summed E-state index contributed by atoms with van der Waals surface area (Å²) in [5, 5.41) is 10.4. The molecule has 1 atom stereocenters. The lowest BCUT2D eigenvalue weighted by Gasteiger charge is -2.30. The number of hydrogen-bond acceptors (Lipinski definition) is 5. The van der Waals surface area contributed by atoms with Gasteiger partial charge >= 0.3 is 0 Å². The number of carbonyl (C=O) groups excluding carboxylic acids is 1. The van der Waals surface area contributed by atoms with Gasteiger partial charge in [-0.05, 0) is 36.6 Å². The van der Waals surface area contributed by atoms with Crippen molar-refractivity contribution >= 4 is 16.8 Å². The summed E-state index contributed by atoms with van der Waals surface area (Å²) in [4.78, 5) is 35.0. The third-order valence-corrected chi connectivity index (χ3v) is 6.51. The Hall–Kier alpha value is -3.03. The van der Waals surface area contributed by atoms with Gasteiger partial charge in [-0.2, -0.15) is 0 Å². The second kappa shape index (κ2) is 8.84. The molecule has 7 nitrogen and oxygen atoms in total. The topological polar surface area (TPSA) is 78.7 Å². The minimum Gasteiger partial charge on any atom is -0.391 e. The Morgan fingerprint density at radius 3 is 2.72 bits per heavy atom. The lowest BCUT2D eigenvalue weighted by molar-refractivity contribution is 0.0474. The van der Waals surface area contributed by atoms with Crippen molar-refractivity contribution in [3.05, 3.63) is 75.8 Å². The number of amides is 1. The Morgan fingerprint density at radius 2 is 1.91 bits per heavy atom. The number of aromatic nitrogens is 2. The molecule has 3 heterocycles. The number of rotatable bonds is 3. The minimum absolute atomic E-state index is 0.0426. The highest BCUT2D eigenvalue weighted by atomic mass is 16.3. The molecule has 1 saturated heterocycles. The quantitative estimate of drug-likeness (QED) is 0.685. The molecule has 1 amide bonds. The summed E-state index contributed by atoms with van der Waals surface area (Å²) in [5.41, 5.74) is 2.30. The molecule has 1 aromatic heterocycles. The predicted octanol–water partition coefficient (Wildman–Crippen LogP) is 2.05. The van der Waals surface area contributed by atoms with Crippen LogP contribution in [0.3, 0.4) is 0 Å². The van der Waals surface area contributed by atoms with E-state index in [2.05, 4.69) is 17.0 Å². The molecule has 0 aliphatic carbocycles. The van der Waals surface area contributed by atoms with Gasteiger partial charge in [-0.3, -0.25) is 19.1 Å². The Morgan fingerprint density at radius 1 is 1.06 bits per heavy atom. The molecule has 1 unspecified atom stereocenters. The third-order valence-electron chi connectivity index (χ3n) is 6.51. The Labute approximate surface area is 186 Å². The summed E-state index contributed by atoms with van der Waals surface area (Å²) < 4.78 is 1.79. The Balaban J connectivity index is 1.40. The van der Waals surface area contributed by atoms with Crippen LogP contribution in [-0.4, -0.2) is 62.6 Å². The first-order valence-electron chi connectivity index (χ1n) is 11.4. The van der Waals surface area contributed by atoms with E-state index < -0.39 is 6.10 Å². The summed E-state index contributed by atoms with van der Waals surface area (Å²) in [6, 6.07) is 15.5. The standard InChI is InChI=1S/C25H28N4O3/c30-20-7-4-11-28(17-20)24(31)19-8-9-21-22(15-19)26-23-10-12-27(13-14-29(23)25(21)32)16-18-5-2-1-3-6-18/h1-3,5-6,8-9,15,20,30H,4,7,10-14,16-17H2. The SMILES string of the molecule is O=C(c1ccc2c(=O)n3c(nc2c1)CCN(Cc1ccccc1)CC3)N1CCCC(O)C1. The third kappa shape index (κ3) is 4.18. The fourth-order valence-electron chi connectivity index (χ4n) is 4.75. The normalized spacial score (nSPS) is 19.5.